The fraction of sp³-hybridized carbons (Fsp3) is 0.0714. The third-order valence-corrected chi connectivity index (χ3v) is 4.22. The second kappa shape index (κ2) is 6.49. The van der Waals surface area contributed by atoms with Crippen molar-refractivity contribution in [1.29, 1.82) is 0 Å². The molecule has 0 aromatic carbocycles. The summed E-state index contributed by atoms with van der Waals surface area (Å²) >= 11 is 3.26. The maximum absolute atomic E-state index is 4.41. The molecule has 3 aromatic rings. The summed E-state index contributed by atoms with van der Waals surface area (Å²) in [7, 11) is 0. The highest BCUT2D eigenvalue weighted by molar-refractivity contribution is 7.98. The summed E-state index contributed by atoms with van der Waals surface area (Å²) in [4.78, 5) is 9.88. The second-order valence-electron chi connectivity index (χ2n) is 3.96. The first-order valence-electron chi connectivity index (χ1n) is 6.07. The van der Waals surface area contributed by atoms with E-state index in [0.717, 1.165) is 22.4 Å². The number of pyridine rings is 1. The molecule has 0 amide bonds. The molecule has 3 aromatic heterocycles. The fourth-order valence-electron chi connectivity index (χ4n) is 1.57. The van der Waals surface area contributed by atoms with Crippen molar-refractivity contribution in [2.75, 3.05) is 0 Å². The third kappa shape index (κ3) is 3.55. The summed E-state index contributed by atoms with van der Waals surface area (Å²) in [6.07, 6.45) is 5.76. The number of nitrogens with one attached hydrogen (secondary N) is 1. The van der Waals surface area contributed by atoms with Crippen LogP contribution in [0.15, 0.2) is 47.1 Å². The molecular formula is C14H12N4S2. The zero-order chi connectivity index (χ0) is 13.6. The van der Waals surface area contributed by atoms with E-state index < -0.39 is 0 Å². The molecule has 0 unspecified atom stereocenters. The Morgan fingerprint density at radius 3 is 3.00 bits per heavy atom. The van der Waals surface area contributed by atoms with Gasteiger partial charge in [0.1, 0.15) is 5.82 Å². The highest BCUT2D eigenvalue weighted by Gasteiger charge is 2.02. The summed E-state index contributed by atoms with van der Waals surface area (Å²) in [6.45, 7) is 0. The van der Waals surface area contributed by atoms with Crippen molar-refractivity contribution in [2.45, 2.75) is 10.9 Å². The van der Waals surface area contributed by atoms with Crippen LogP contribution in [-0.4, -0.2) is 20.2 Å². The molecule has 0 aliphatic rings. The Hall–Kier alpha value is -1.92. The number of hydrogen-bond acceptors (Lipinski definition) is 5. The van der Waals surface area contributed by atoms with Crippen LogP contribution < -0.4 is 0 Å². The number of nitrogens with zero attached hydrogens (tertiary/aromatic N) is 3. The number of hydrogen-bond donors (Lipinski definition) is 1. The van der Waals surface area contributed by atoms with Gasteiger partial charge in [-0.2, -0.15) is 0 Å². The van der Waals surface area contributed by atoms with E-state index in [1.807, 2.05) is 41.8 Å². The Kier molecular flexibility index (Phi) is 4.25. The molecule has 20 heavy (non-hydrogen) atoms. The van der Waals surface area contributed by atoms with Gasteiger partial charge >= 0.3 is 0 Å². The maximum Gasteiger partial charge on any atom is 0.209 e. The number of aromatic amines is 1. The Labute approximate surface area is 125 Å². The molecule has 100 valence electrons. The monoisotopic (exact) mass is 300 g/mol. The van der Waals surface area contributed by atoms with Crippen LogP contribution in [0.5, 0.6) is 0 Å². The van der Waals surface area contributed by atoms with Crippen LogP contribution in [-0.2, 0) is 5.75 Å². The van der Waals surface area contributed by atoms with E-state index in [2.05, 4.69) is 26.2 Å². The van der Waals surface area contributed by atoms with E-state index >= 15 is 0 Å². The quantitative estimate of drug-likeness (QED) is 0.730. The van der Waals surface area contributed by atoms with Gasteiger partial charge in [-0.1, -0.05) is 23.9 Å². The number of H-pyrrole nitrogens is 1. The Bertz CT molecular complexity index is 674. The number of rotatable bonds is 5. The number of thiophene rings is 1. The molecule has 0 atom stereocenters. The Morgan fingerprint density at radius 2 is 2.20 bits per heavy atom. The lowest BCUT2D eigenvalue weighted by Gasteiger charge is -1.95. The summed E-state index contributed by atoms with van der Waals surface area (Å²) in [5.41, 5.74) is 1.03. The highest BCUT2D eigenvalue weighted by atomic mass is 32.2. The Morgan fingerprint density at radius 1 is 1.20 bits per heavy atom. The molecule has 0 spiro atoms. The van der Waals surface area contributed by atoms with E-state index in [1.54, 1.807) is 29.3 Å². The first kappa shape index (κ1) is 13.1. The van der Waals surface area contributed by atoms with Gasteiger partial charge < -0.3 is 0 Å². The van der Waals surface area contributed by atoms with Gasteiger partial charge in [-0.25, -0.2) is 4.98 Å². The van der Waals surface area contributed by atoms with Crippen molar-refractivity contribution < 1.29 is 0 Å². The zero-order valence-corrected chi connectivity index (χ0v) is 12.2. The van der Waals surface area contributed by atoms with Crippen LogP contribution in [0.3, 0.4) is 0 Å². The van der Waals surface area contributed by atoms with E-state index in [1.165, 1.54) is 4.88 Å². The van der Waals surface area contributed by atoms with Crippen LogP contribution in [0, 0.1) is 0 Å². The molecule has 3 heterocycles. The van der Waals surface area contributed by atoms with Gasteiger partial charge in [0.25, 0.3) is 0 Å². The van der Waals surface area contributed by atoms with E-state index in [0.29, 0.717) is 0 Å². The van der Waals surface area contributed by atoms with Gasteiger partial charge in [0, 0.05) is 16.8 Å². The Balaban J connectivity index is 1.59. The number of aromatic nitrogens is 4. The van der Waals surface area contributed by atoms with Crippen LogP contribution >= 0.6 is 23.1 Å². The minimum absolute atomic E-state index is 0.737. The minimum atomic E-state index is 0.737. The summed E-state index contributed by atoms with van der Waals surface area (Å²) in [6, 6.07) is 9.98. The first-order valence-corrected chi connectivity index (χ1v) is 7.93. The van der Waals surface area contributed by atoms with Gasteiger partial charge in [0.15, 0.2) is 0 Å². The van der Waals surface area contributed by atoms with Crippen LogP contribution in [0.25, 0.3) is 12.2 Å². The minimum Gasteiger partial charge on any atom is -0.260 e. The molecule has 0 radical (unpaired) electrons. The fourth-order valence-corrected chi connectivity index (χ4v) is 2.91. The molecule has 4 nitrogen and oxygen atoms in total. The van der Waals surface area contributed by atoms with Gasteiger partial charge in [-0.3, -0.25) is 10.1 Å². The lowest BCUT2D eigenvalue weighted by atomic mass is 10.4. The normalized spacial score (nSPS) is 11.2. The smallest absolute Gasteiger partial charge is 0.209 e. The average molecular weight is 300 g/mol. The van der Waals surface area contributed by atoms with Crippen molar-refractivity contribution in [2.24, 2.45) is 0 Å². The second-order valence-corrected chi connectivity index (χ2v) is 5.88. The molecule has 0 aliphatic carbocycles. The highest BCUT2D eigenvalue weighted by Crippen LogP contribution is 2.18. The van der Waals surface area contributed by atoms with Gasteiger partial charge in [0.2, 0.25) is 5.16 Å². The lowest BCUT2D eigenvalue weighted by molar-refractivity contribution is 0.970. The number of thioether (sulfide) groups is 1. The third-order valence-electron chi connectivity index (χ3n) is 2.51. The van der Waals surface area contributed by atoms with Gasteiger partial charge in [0.05, 0.1) is 5.69 Å². The maximum atomic E-state index is 4.41. The van der Waals surface area contributed by atoms with Crippen molar-refractivity contribution in [3.63, 3.8) is 0 Å². The zero-order valence-electron chi connectivity index (χ0n) is 10.6. The van der Waals surface area contributed by atoms with Crippen molar-refractivity contribution >= 4 is 35.3 Å². The summed E-state index contributed by atoms with van der Waals surface area (Å²) in [5, 5.41) is 9.89. The average Bonchev–Trinajstić information content (AvgIpc) is 3.16. The van der Waals surface area contributed by atoms with Crippen molar-refractivity contribution in [3.05, 3.63) is 58.3 Å². The lowest BCUT2D eigenvalue weighted by Crippen LogP contribution is -1.85. The molecule has 6 heteroatoms. The van der Waals surface area contributed by atoms with Crippen molar-refractivity contribution in [1.82, 2.24) is 20.2 Å². The van der Waals surface area contributed by atoms with E-state index in [4.69, 9.17) is 0 Å². The molecule has 3 rings (SSSR count). The molecule has 0 fully saturated rings. The van der Waals surface area contributed by atoms with Crippen LogP contribution in [0.1, 0.15) is 16.4 Å². The standard InChI is InChI=1S/C14H12N4S2/c1-2-8-15-11(4-1)10-20-14-16-13(17-18-14)7-6-12-5-3-9-19-12/h1-9H,10H2,(H,16,17,18)/b7-6+. The van der Waals surface area contributed by atoms with Crippen molar-refractivity contribution in [3.8, 4) is 0 Å². The van der Waals surface area contributed by atoms with Crippen LogP contribution in [0.2, 0.25) is 0 Å². The van der Waals surface area contributed by atoms with Gasteiger partial charge in [-0.15, -0.1) is 16.4 Å². The topological polar surface area (TPSA) is 54.5 Å². The summed E-state index contributed by atoms with van der Waals surface area (Å²) in [5.74, 6) is 1.54. The SMILES string of the molecule is C(=C\c1cccs1)/c1nc(SCc2ccccn2)n[nH]1. The molecule has 0 saturated heterocycles. The molecule has 0 saturated carbocycles. The first-order chi connectivity index (χ1) is 9.90. The van der Waals surface area contributed by atoms with Gasteiger partial charge in [-0.05, 0) is 35.7 Å². The predicted octanol–water partition coefficient (Wildman–Crippen LogP) is 3.72. The summed E-state index contributed by atoms with van der Waals surface area (Å²) < 4.78 is 0. The van der Waals surface area contributed by atoms with Crippen LogP contribution in [0.4, 0.5) is 0 Å². The van der Waals surface area contributed by atoms with E-state index in [9.17, 15) is 0 Å². The molecule has 1 N–H and O–H groups in total. The molecular weight excluding hydrogens is 288 g/mol. The largest absolute Gasteiger partial charge is 0.260 e. The molecule has 0 aliphatic heterocycles. The molecule has 0 bridgehead atoms. The van der Waals surface area contributed by atoms with E-state index in [-0.39, 0.29) is 0 Å². The predicted molar refractivity (Wildman–Crippen MR) is 83.4 cm³/mol.